The first-order valence-corrected chi connectivity index (χ1v) is 8.51. The summed E-state index contributed by atoms with van der Waals surface area (Å²) in [6.07, 6.45) is 0.677. The molecule has 1 N–H and O–H groups in total. The summed E-state index contributed by atoms with van der Waals surface area (Å²) in [5.41, 5.74) is 2.82. The Morgan fingerprint density at radius 1 is 1.43 bits per heavy atom. The maximum atomic E-state index is 12.2. The molecule has 1 amide bonds. The monoisotopic (exact) mass is 418 g/mol. The number of nitrogens with one attached hydrogen (secondary N) is 1. The molecule has 8 heteroatoms. The Morgan fingerprint density at radius 3 is 2.87 bits per heavy atom. The van der Waals surface area contributed by atoms with Gasteiger partial charge in [0.1, 0.15) is 0 Å². The van der Waals surface area contributed by atoms with Gasteiger partial charge >= 0.3 is 5.97 Å². The molecular weight excluding hydrogens is 407 g/mol. The van der Waals surface area contributed by atoms with Crippen LogP contribution in [-0.4, -0.2) is 34.9 Å². The van der Waals surface area contributed by atoms with Gasteiger partial charge in [0, 0.05) is 47.6 Å². The average molecular weight is 420 g/mol. The highest BCUT2D eigenvalue weighted by molar-refractivity contribution is 9.10. The Bertz CT molecular complexity index is 819. The molecule has 1 aromatic heterocycles. The van der Waals surface area contributed by atoms with Crippen molar-refractivity contribution in [2.24, 2.45) is 0 Å². The van der Waals surface area contributed by atoms with Crippen LogP contribution in [0.5, 0.6) is 0 Å². The van der Waals surface area contributed by atoms with E-state index >= 15 is 0 Å². The van der Waals surface area contributed by atoms with Crippen LogP contribution in [0.1, 0.15) is 18.2 Å². The van der Waals surface area contributed by atoms with Gasteiger partial charge in [-0.05, 0) is 6.07 Å². The zero-order valence-electron chi connectivity index (χ0n) is 12.2. The molecule has 2 heterocycles. The molecule has 122 valence electrons. The second kappa shape index (κ2) is 6.34. The van der Waals surface area contributed by atoms with Gasteiger partial charge < -0.3 is 14.6 Å². The zero-order chi connectivity index (χ0) is 16.7. The predicted molar refractivity (Wildman–Crippen MR) is 91.8 cm³/mol. The fourth-order valence-electron chi connectivity index (χ4n) is 2.76. The summed E-state index contributed by atoms with van der Waals surface area (Å²) in [4.78, 5) is 28.0. The van der Waals surface area contributed by atoms with Gasteiger partial charge in [-0.1, -0.05) is 39.1 Å². The van der Waals surface area contributed by atoms with Gasteiger partial charge in [-0.3, -0.25) is 9.59 Å². The van der Waals surface area contributed by atoms with Crippen LogP contribution < -0.4 is 0 Å². The van der Waals surface area contributed by atoms with Crippen molar-refractivity contribution >= 4 is 61.9 Å². The molecule has 23 heavy (non-hydrogen) atoms. The van der Waals surface area contributed by atoms with Crippen LogP contribution in [0.3, 0.4) is 0 Å². The fraction of sp³-hybridized carbons (Fsp3) is 0.333. The molecule has 5 nitrogen and oxygen atoms in total. The number of esters is 1. The van der Waals surface area contributed by atoms with Gasteiger partial charge in [-0.25, -0.2) is 0 Å². The van der Waals surface area contributed by atoms with Crippen LogP contribution in [-0.2, 0) is 27.3 Å². The minimum Gasteiger partial charge on any atom is -0.456 e. The number of ether oxygens (including phenoxy) is 1. The van der Waals surface area contributed by atoms with Crippen molar-refractivity contribution in [2.45, 2.75) is 19.9 Å². The molecule has 1 aliphatic rings. The SMILES string of the molecule is CC(=O)OCC(=O)N1CCc2[nH]c3c(Cl)c(Cl)cc(Br)c3c2C1. The molecule has 1 aliphatic heterocycles. The Hall–Kier alpha value is -1.24. The van der Waals surface area contributed by atoms with Crippen molar-refractivity contribution in [3.8, 4) is 0 Å². The van der Waals surface area contributed by atoms with Crippen LogP contribution in [0.25, 0.3) is 10.9 Å². The first-order valence-electron chi connectivity index (χ1n) is 6.96. The fourth-order valence-corrected chi connectivity index (χ4v) is 3.96. The van der Waals surface area contributed by atoms with Crippen LogP contribution in [0.4, 0.5) is 0 Å². The van der Waals surface area contributed by atoms with Crippen LogP contribution in [0, 0.1) is 0 Å². The molecule has 1 aromatic carbocycles. The molecule has 0 aliphatic carbocycles. The van der Waals surface area contributed by atoms with E-state index in [2.05, 4.69) is 20.9 Å². The average Bonchev–Trinajstić information content (AvgIpc) is 2.89. The molecule has 0 atom stereocenters. The van der Waals surface area contributed by atoms with Gasteiger partial charge in [0.05, 0.1) is 15.6 Å². The highest BCUT2D eigenvalue weighted by Gasteiger charge is 2.26. The van der Waals surface area contributed by atoms with E-state index in [-0.39, 0.29) is 12.5 Å². The number of rotatable bonds is 2. The lowest BCUT2D eigenvalue weighted by atomic mass is 10.0. The van der Waals surface area contributed by atoms with E-state index in [0.29, 0.717) is 29.6 Å². The van der Waals surface area contributed by atoms with Crippen LogP contribution >= 0.6 is 39.1 Å². The lowest BCUT2D eigenvalue weighted by Gasteiger charge is -2.27. The number of carbonyl (C=O) groups excluding carboxylic acids is 2. The first-order chi connectivity index (χ1) is 10.9. The number of aromatic amines is 1. The van der Waals surface area contributed by atoms with Crippen molar-refractivity contribution in [1.82, 2.24) is 9.88 Å². The van der Waals surface area contributed by atoms with E-state index in [4.69, 9.17) is 27.9 Å². The number of amides is 1. The third-order valence-corrected chi connectivity index (χ3v) is 5.26. The molecule has 0 saturated heterocycles. The highest BCUT2D eigenvalue weighted by atomic mass is 79.9. The van der Waals surface area contributed by atoms with Crippen molar-refractivity contribution in [3.63, 3.8) is 0 Å². The molecular formula is C15H13BrCl2N2O3. The van der Waals surface area contributed by atoms with Gasteiger partial charge in [0.25, 0.3) is 5.91 Å². The van der Waals surface area contributed by atoms with Gasteiger partial charge in [0.15, 0.2) is 6.61 Å². The summed E-state index contributed by atoms with van der Waals surface area (Å²) in [6, 6.07) is 1.75. The molecule has 0 unspecified atom stereocenters. The van der Waals surface area contributed by atoms with Crippen molar-refractivity contribution in [3.05, 3.63) is 31.8 Å². The molecule has 0 spiro atoms. The van der Waals surface area contributed by atoms with Crippen LogP contribution in [0.2, 0.25) is 10.0 Å². The number of carbonyl (C=O) groups is 2. The Morgan fingerprint density at radius 2 is 2.17 bits per heavy atom. The van der Waals surface area contributed by atoms with E-state index < -0.39 is 5.97 Å². The maximum absolute atomic E-state index is 12.2. The Balaban J connectivity index is 1.94. The maximum Gasteiger partial charge on any atom is 0.303 e. The minimum atomic E-state index is -0.465. The lowest BCUT2D eigenvalue weighted by Crippen LogP contribution is -2.38. The number of hydrogen-bond donors (Lipinski definition) is 1. The second-order valence-electron chi connectivity index (χ2n) is 5.33. The molecule has 2 aromatic rings. The first kappa shape index (κ1) is 16.6. The minimum absolute atomic E-state index is 0.212. The Kier molecular flexibility index (Phi) is 4.58. The topological polar surface area (TPSA) is 62.4 Å². The third kappa shape index (κ3) is 3.07. The summed E-state index contributed by atoms with van der Waals surface area (Å²) in [6.45, 7) is 2.04. The number of fused-ring (bicyclic) bond motifs is 3. The molecule has 3 rings (SSSR count). The van der Waals surface area contributed by atoms with E-state index in [0.717, 1.165) is 26.6 Å². The third-order valence-electron chi connectivity index (χ3n) is 3.85. The number of H-pyrrole nitrogens is 1. The number of nitrogens with zero attached hydrogens (tertiary/aromatic N) is 1. The largest absolute Gasteiger partial charge is 0.456 e. The van der Waals surface area contributed by atoms with E-state index in [1.54, 1.807) is 11.0 Å². The van der Waals surface area contributed by atoms with Gasteiger partial charge in [0.2, 0.25) is 0 Å². The van der Waals surface area contributed by atoms with E-state index in [9.17, 15) is 9.59 Å². The Labute approximate surface area is 151 Å². The smallest absolute Gasteiger partial charge is 0.303 e. The number of aromatic nitrogens is 1. The highest BCUT2D eigenvalue weighted by Crippen LogP contribution is 2.40. The number of hydrogen-bond acceptors (Lipinski definition) is 3. The van der Waals surface area contributed by atoms with Crippen molar-refractivity contribution in [1.29, 1.82) is 0 Å². The normalized spacial score (nSPS) is 14.0. The molecule has 0 radical (unpaired) electrons. The summed E-state index contributed by atoms with van der Waals surface area (Å²) in [5, 5.41) is 1.86. The van der Waals surface area contributed by atoms with Crippen LogP contribution in [0.15, 0.2) is 10.5 Å². The number of benzene rings is 1. The second-order valence-corrected chi connectivity index (χ2v) is 6.97. The van der Waals surface area contributed by atoms with E-state index in [1.165, 1.54) is 6.92 Å². The number of halogens is 3. The quantitative estimate of drug-likeness (QED) is 0.596. The van der Waals surface area contributed by atoms with Gasteiger partial charge in [-0.2, -0.15) is 0 Å². The molecule has 0 saturated carbocycles. The van der Waals surface area contributed by atoms with Crippen molar-refractivity contribution in [2.75, 3.05) is 13.2 Å². The summed E-state index contributed by atoms with van der Waals surface area (Å²) < 4.78 is 5.61. The molecule has 0 fully saturated rings. The summed E-state index contributed by atoms with van der Waals surface area (Å²) in [5.74, 6) is -0.677. The summed E-state index contributed by atoms with van der Waals surface area (Å²) in [7, 11) is 0. The van der Waals surface area contributed by atoms with Gasteiger partial charge in [-0.15, -0.1) is 0 Å². The summed E-state index contributed by atoms with van der Waals surface area (Å²) >= 11 is 15.9. The van der Waals surface area contributed by atoms with Crippen molar-refractivity contribution < 1.29 is 14.3 Å². The molecule has 0 bridgehead atoms. The standard InChI is InChI=1S/C15H13BrCl2N2O3/c1-7(21)23-6-12(22)20-3-2-11-8(5-20)13-9(16)4-10(17)14(18)15(13)19-11/h4,19H,2-3,5-6H2,1H3. The zero-order valence-corrected chi connectivity index (χ0v) is 15.3. The lowest BCUT2D eigenvalue weighted by molar-refractivity contribution is -0.150. The van der Waals surface area contributed by atoms with E-state index in [1.807, 2.05) is 0 Å². The predicted octanol–water partition coefficient (Wildman–Crippen LogP) is 3.69.